The summed E-state index contributed by atoms with van der Waals surface area (Å²) in [5.41, 5.74) is 1.24. The van der Waals surface area contributed by atoms with Gasteiger partial charge in [-0.25, -0.2) is 0 Å². The lowest BCUT2D eigenvalue weighted by Gasteiger charge is -2.12. The Balaban J connectivity index is 1.96. The van der Waals surface area contributed by atoms with Gasteiger partial charge in [0.1, 0.15) is 0 Å². The Kier molecular flexibility index (Phi) is 5.79. The molecular formula is C20H17BrN4O4. The topological polar surface area (TPSA) is 113 Å². The predicted octanol–water partition coefficient (Wildman–Crippen LogP) is 3.22. The highest BCUT2D eigenvalue weighted by Gasteiger charge is 2.18. The lowest BCUT2D eigenvalue weighted by molar-refractivity contribution is -0.114. The lowest BCUT2D eigenvalue weighted by Crippen LogP contribution is -2.25. The van der Waals surface area contributed by atoms with Crippen LogP contribution >= 0.6 is 15.9 Å². The lowest BCUT2D eigenvalue weighted by atomic mass is 10.1. The molecule has 0 bridgehead atoms. The first-order chi connectivity index (χ1) is 13.7. The van der Waals surface area contributed by atoms with E-state index in [1.54, 1.807) is 49.4 Å². The number of nitrogens with one attached hydrogen (secondary N) is 2. The maximum atomic E-state index is 12.7. The number of rotatable bonds is 4. The van der Waals surface area contributed by atoms with Crippen LogP contribution in [-0.2, 0) is 4.79 Å². The summed E-state index contributed by atoms with van der Waals surface area (Å²) in [6.45, 7) is 3.16. The van der Waals surface area contributed by atoms with E-state index < -0.39 is 17.2 Å². The average molecular weight is 457 g/mol. The van der Waals surface area contributed by atoms with E-state index in [4.69, 9.17) is 0 Å². The van der Waals surface area contributed by atoms with Crippen molar-refractivity contribution in [2.75, 3.05) is 10.6 Å². The van der Waals surface area contributed by atoms with Gasteiger partial charge in [0.2, 0.25) is 5.91 Å². The second-order valence-electron chi connectivity index (χ2n) is 6.27. The van der Waals surface area contributed by atoms with Crippen molar-refractivity contribution in [2.45, 2.75) is 13.8 Å². The zero-order chi connectivity index (χ0) is 21.1. The molecule has 3 rings (SSSR count). The van der Waals surface area contributed by atoms with E-state index in [1.807, 2.05) is 0 Å². The van der Waals surface area contributed by atoms with Crippen molar-refractivity contribution in [2.24, 2.45) is 0 Å². The molecule has 8 nitrogen and oxygen atoms in total. The van der Waals surface area contributed by atoms with Gasteiger partial charge in [-0.3, -0.25) is 14.4 Å². The third kappa shape index (κ3) is 4.69. The molecule has 1 aromatic heterocycles. The Labute approximate surface area is 174 Å². The molecule has 29 heavy (non-hydrogen) atoms. The summed E-state index contributed by atoms with van der Waals surface area (Å²) >= 11 is 3.31. The van der Waals surface area contributed by atoms with Crippen molar-refractivity contribution in [3.05, 3.63) is 74.6 Å². The minimum Gasteiger partial charge on any atom is -0.505 e. The van der Waals surface area contributed by atoms with Crippen LogP contribution in [0.25, 0.3) is 5.69 Å². The van der Waals surface area contributed by atoms with Crippen LogP contribution in [0.2, 0.25) is 0 Å². The molecule has 2 amide bonds. The van der Waals surface area contributed by atoms with Gasteiger partial charge in [0, 0.05) is 28.8 Å². The number of benzene rings is 2. The molecule has 0 atom stereocenters. The summed E-state index contributed by atoms with van der Waals surface area (Å²) in [6.07, 6.45) is 0. The molecule has 0 aliphatic rings. The molecule has 1 heterocycles. The first kappa shape index (κ1) is 20.3. The highest BCUT2D eigenvalue weighted by molar-refractivity contribution is 9.10. The van der Waals surface area contributed by atoms with E-state index in [9.17, 15) is 19.5 Å². The third-order valence-electron chi connectivity index (χ3n) is 4.00. The van der Waals surface area contributed by atoms with Crippen molar-refractivity contribution in [3.63, 3.8) is 0 Å². The molecule has 0 aliphatic heterocycles. The second-order valence-corrected chi connectivity index (χ2v) is 7.19. The quantitative estimate of drug-likeness (QED) is 0.557. The Hall–Kier alpha value is -3.46. The van der Waals surface area contributed by atoms with Crippen molar-refractivity contribution in [1.29, 1.82) is 0 Å². The van der Waals surface area contributed by atoms with Crippen LogP contribution in [0.3, 0.4) is 0 Å². The van der Waals surface area contributed by atoms with Gasteiger partial charge in [-0.2, -0.15) is 9.78 Å². The summed E-state index contributed by atoms with van der Waals surface area (Å²) in [4.78, 5) is 36.2. The largest absolute Gasteiger partial charge is 0.505 e. The monoisotopic (exact) mass is 456 g/mol. The van der Waals surface area contributed by atoms with Crippen LogP contribution in [0.4, 0.5) is 11.4 Å². The molecule has 0 fully saturated rings. The fraction of sp³-hybridized carbons (Fsp3) is 0.100. The van der Waals surface area contributed by atoms with E-state index in [2.05, 4.69) is 31.7 Å². The number of hydrogen-bond acceptors (Lipinski definition) is 5. The third-order valence-corrected chi connectivity index (χ3v) is 4.53. The summed E-state index contributed by atoms with van der Waals surface area (Å²) < 4.78 is 1.85. The number of hydrogen-bond donors (Lipinski definition) is 3. The predicted molar refractivity (Wildman–Crippen MR) is 113 cm³/mol. The van der Waals surface area contributed by atoms with Crippen LogP contribution in [0.15, 0.2) is 57.8 Å². The standard InChI is InChI=1S/C20H17BrN4O4/c1-11-3-6-14(22-12(2)26)9-16(11)23-20(29)19-17(27)10-18(28)25(24-19)15-7-4-13(21)5-8-15/h3-10,27H,1-2H3,(H,22,26)(H,23,29). The van der Waals surface area contributed by atoms with Gasteiger partial charge in [0.05, 0.1) is 5.69 Å². The summed E-state index contributed by atoms with van der Waals surface area (Å²) in [6, 6.07) is 12.7. The fourth-order valence-electron chi connectivity index (χ4n) is 2.60. The van der Waals surface area contributed by atoms with Gasteiger partial charge in [-0.1, -0.05) is 22.0 Å². The van der Waals surface area contributed by atoms with E-state index in [-0.39, 0.29) is 11.6 Å². The van der Waals surface area contributed by atoms with Gasteiger partial charge in [-0.15, -0.1) is 0 Å². The minimum absolute atomic E-state index is 0.244. The molecule has 148 valence electrons. The maximum Gasteiger partial charge on any atom is 0.280 e. The Morgan fingerprint density at radius 2 is 1.76 bits per heavy atom. The molecule has 2 aromatic carbocycles. The normalized spacial score (nSPS) is 10.4. The molecule has 0 saturated carbocycles. The van der Waals surface area contributed by atoms with Crippen LogP contribution in [-0.4, -0.2) is 26.7 Å². The van der Waals surface area contributed by atoms with E-state index in [0.717, 1.165) is 20.8 Å². The van der Waals surface area contributed by atoms with Crippen LogP contribution in [0.5, 0.6) is 5.75 Å². The SMILES string of the molecule is CC(=O)Nc1ccc(C)c(NC(=O)c2nn(-c3ccc(Br)cc3)c(=O)cc2O)c1. The van der Waals surface area contributed by atoms with Gasteiger partial charge in [-0.05, 0) is 48.9 Å². The molecule has 0 unspecified atom stereocenters. The minimum atomic E-state index is -0.698. The zero-order valence-corrected chi connectivity index (χ0v) is 17.1. The van der Waals surface area contributed by atoms with Crippen molar-refractivity contribution in [1.82, 2.24) is 9.78 Å². The number of aromatic nitrogens is 2. The van der Waals surface area contributed by atoms with Crippen LogP contribution in [0.1, 0.15) is 23.0 Å². The first-order valence-electron chi connectivity index (χ1n) is 8.53. The maximum absolute atomic E-state index is 12.7. The molecule has 0 saturated heterocycles. The molecule has 3 N–H and O–H groups in total. The molecule has 3 aromatic rings. The molecule has 0 radical (unpaired) electrons. The number of halogens is 1. The molecule has 0 aliphatic carbocycles. The number of carbonyl (C=O) groups is 2. The highest BCUT2D eigenvalue weighted by atomic mass is 79.9. The smallest absolute Gasteiger partial charge is 0.280 e. The van der Waals surface area contributed by atoms with E-state index in [0.29, 0.717) is 17.1 Å². The Bertz CT molecular complexity index is 1160. The summed E-state index contributed by atoms with van der Waals surface area (Å²) in [5.74, 6) is -1.47. The number of nitrogens with zero attached hydrogens (tertiary/aromatic N) is 2. The number of amides is 2. The van der Waals surface area contributed by atoms with E-state index >= 15 is 0 Å². The molecular weight excluding hydrogens is 440 g/mol. The average Bonchev–Trinajstić information content (AvgIpc) is 2.65. The van der Waals surface area contributed by atoms with Gasteiger partial charge in [0.25, 0.3) is 11.5 Å². The summed E-state index contributed by atoms with van der Waals surface area (Å²) in [5, 5.41) is 19.4. The molecule has 0 spiro atoms. The number of aromatic hydroxyl groups is 1. The highest BCUT2D eigenvalue weighted by Crippen LogP contribution is 2.22. The van der Waals surface area contributed by atoms with Crippen molar-refractivity contribution >= 4 is 39.1 Å². The second kappa shape index (κ2) is 8.27. The van der Waals surface area contributed by atoms with Gasteiger partial charge in [0.15, 0.2) is 11.4 Å². The van der Waals surface area contributed by atoms with E-state index in [1.165, 1.54) is 6.92 Å². The van der Waals surface area contributed by atoms with Crippen LogP contribution in [0, 0.1) is 6.92 Å². The van der Waals surface area contributed by atoms with Crippen LogP contribution < -0.4 is 16.2 Å². The van der Waals surface area contributed by atoms with Gasteiger partial charge >= 0.3 is 0 Å². The zero-order valence-electron chi connectivity index (χ0n) is 15.6. The Morgan fingerprint density at radius 3 is 2.41 bits per heavy atom. The number of anilines is 2. The molecule has 9 heteroatoms. The van der Waals surface area contributed by atoms with Gasteiger partial charge < -0.3 is 15.7 Å². The number of carbonyl (C=O) groups excluding carboxylic acids is 2. The Morgan fingerprint density at radius 1 is 1.07 bits per heavy atom. The summed E-state index contributed by atoms with van der Waals surface area (Å²) in [7, 11) is 0. The number of aryl methyl sites for hydroxylation is 1. The fourth-order valence-corrected chi connectivity index (χ4v) is 2.86. The van der Waals surface area contributed by atoms with Crippen molar-refractivity contribution in [3.8, 4) is 11.4 Å². The first-order valence-corrected chi connectivity index (χ1v) is 9.33. The van der Waals surface area contributed by atoms with Crippen molar-refractivity contribution < 1.29 is 14.7 Å².